The van der Waals surface area contributed by atoms with Crippen LogP contribution in [0.2, 0.25) is 0 Å². The predicted molar refractivity (Wildman–Crippen MR) is 74.3 cm³/mol. The molecule has 4 heteroatoms. The Morgan fingerprint density at radius 3 is 2.58 bits per heavy atom. The maximum Gasteiger partial charge on any atom is 0.123 e. The minimum atomic E-state index is -0.734. The molecule has 0 saturated heterocycles. The Bertz CT molecular complexity index is 452. The van der Waals surface area contributed by atoms with E-state index in [1.54, 1.807) is 13.0 Å². The first-order chi connectivity index (χ1) is 8.95. The van der Waals surface area contributed by atoms with Crippen LogP contribution in [0.15, 0.2) is 18.2 Å². The molecule has 104 valence electrons. The summed E-state index contributed by atoms with van der Waals surface area (Å²) in [4.78, 5) is 2.04. The van der Waals surface area contributed by atoms with E-state index in [2.05, 4.69) is 19.9 Å². The van der Waals surface area contributed by atoms with Crippen LogP contribution in [-0.4, -0.2) is 18.2 Å². The van der Waals surface area contributed by atoms with Crippen LogP contribution in [0.3, 0.4) is 0 Å². The molecule has 0 aromatic heterocycles. The highest BCUT2D eigenvalue weighted by molar-refractivity contribution is 5.55. The fraction of sp³-hybridized carbons (Fsp3) is 0.533. The van der Waals surface area contributed by atoms with Crippen molar-refractivity contribution in [2.45, 2.75) is 33.3 Å². The van der Waals surface area contributed by atoms with Gasteiger partial charge in [0.05, 0.1) is 18.6 Å². The van der Waals surface area contributed by atoms with E-state index in [0.717, 1.165) is 12.2 Å². The zero-order chi connectivity index (χ0) is 14.4. The average Bonchev–Trinajstić information content (AvgIpc) is 2.34. The maximum absolute atomic E-state index is 13.3. The van der Waals surface area contributed by atoms with Gasteiger partial charge in [0.15, 0.2) is 0 Å². The molecule has 0 unspecified atom stereocenters. The molecule has 0 amide bonds. The molecule has 0 aliphatic carbocycles. The summed E-state index contributed by atoms with van der Waals surface area (Å²) in [6, 6.07) is 6.55. The topological polar surface area (TPSA) is 47.3 Å². The number of halogens is 1. The SMILES string of the molecule is CC(C)CN(CCC#N)c1ccc(F)cc1[C@@H](C)O. The van der Waals surface area contributed by atoms with Gasteiger partial charge < -0.3 is 10.0 Å². The Balaban J connectivity index is 3.10. The number of anilines is 1. The molecular weight excluding hydrogens is 243 g/mol. The maximum atomic E-state index is 13.3. The third-order valence-electron chi connectivity index (χ3n) is 2.86. The molecule has 1 rings (SSSR count). The predicted octanol–water partition coefficient (Wildman–Crippen LogP) is 3.26. The highest BCUT2D eigenvalue weighted by atomic mass is 19.1. The molecule has 19 heavy (non-hydrogen) atoms. The Morgan fingerprint density at radius 1 is 1.37 bits per heavy atom. The molecule has 1 N–H and O–H groups in total. The smallest absolute Gasteiger partial charge is 0.123 e. The minimum absolute atomic E-state index is 0.357. The van der Waals surface area contributed by atoms with E-state index >= 15 is 0 Å². The first-order valence-corrected chi connectivity index (χ1v) is 6.55. The molecule has 1 aromatic carbocycles. The molecule has 0 bridgehead atoms. The van der Waals surface area contributed by atoms with E-state index < -0.39 is 6.10 Å². The summed E-state index contributed by atoms with van der Waals surface area (Å²) >= 11 is 0. The minimum Gasteiger partial charge on any atom is -0.389 e. The Morgan fingerprint density at radius 2 is 2.05 bits per heavy atom. The number of hydrogen-bond donors (Lipinski definition) is 1. The van der Waals surface area contributed by atoms with E-state index in [1.165, 1.54) is 12.1 Å². The van der Waals surface area contributed by atoms with Crippen LogP contribution in [0.5, 0.6) is 0 Å². The van der Waals surface area contributed by atoms with Crippen LogP contribution in [0.25, 0.3) is 0 Å². The number of hydrogen-bond acceptors (Lipinski definition) is 3. The molecule has 0 aliphatic rings. The second kappa shape index (κ2) is 7.10. The number of aliphatic hydroxyl groups excluding tert-OH is 1. The van der Waals surface area contributed by atoms with Crippen molar-refractivity contribution < 1.29 is 9.50 Å². The molecular formula is C15H21FN2O. The van der Waals surface area contributed by atoms with Gasteiger partial charge in [-0.25, -0.2) is 4.39 Å². The van der Waals surface area contributed by atoms with Crippen LogP contribution in [0, 0.1) is 23.1 Å². The molecule has 0 saturated carbocycles. The van der Waals surface area contributed by atoms with Crippen molar-refractivity contribution in [1.82, 2.24) is 0 Å². The number of rotatable bonds is 6. The standard InChI is InChI=1S/C15H21FN2O/c1-11(2)10-18(8-4-7-17)15-6-5-13(16)9-14(15)12(3)19/h5-6,9,11-12,19H,4,8,10H2,1-3H3/t12-/m1/s1. The second-order valence-electron chi connectivity index (χ2n) is 5.13. The van der Waals surface area contributed by atoms with Crippen LogP contribution < -0.4 is 4.90 Å². The molecule has 0 spiro atoms. The van der Waals surface area contributed by atoms with Crippen molar-refractivity contribution in [3.63, 3.8) is 0 Å². The zero-order valence-electron chi connectivity index (χ0n) is 11.7. The lowest BCUT2D eigenvalue weighted by Gasteiger charge is -2.29. The zero-order valence-corrected chi connectivity index (χ0v) is 11.7. The lowest BCUT2D eigenvalue weighted by atomic mass is 10.1. The van der Waals surface area contributed by atoms with E-state index in [0.29, 0.717) is 24.4 Å². The average molecular weight is 264 g/mol. The fourth-order valence-electron chi connectivity index (χ4n) is 2.08. The molecule has 0 aliphatic heterocycles. The van der Waals surface area contributed by atoms with Crippen molar-refractivity contribution >= 4 is 5.69 Å². The lowest BCUT2D eigenvalue weighted by molar-refractivity contribution is 0.199. The summed E-state index contributed by atoms with van der Waals surface area (Å²) in [5, 5.41) is 18.5. The van der Waals surface area contributed by atoms with Crippen LogP contribution in [0.4, 0.5) is 10.1 Å². The van der Waals surface area contributed by atoms with Gasteiger partial charge in [-0.3, -0.25) is 0 Å². The summed E-state index contributed by atoms with van der Waals surface area (Å²) in [6.45, 7) is 7.15. The molecule has 0 radical (unpaired) electrons. The summed E-state index contributed by atoms with van der Waals surface area (Å²) < 4.78 is 13.3. The number of benzene rings is 1. The molecule has 0 fully saturated rings. The largest absolute Gasteiger partial charge is 0.389 e. The molecule has 3 nitrogen and oxygen atoms in total. The summed E-state index contributed by atoms with van der Waals surface area (Å²) in [6.07, 6.45) is -0.328. The fourth-order valence-corrected chi connectivity index (χ4v) is 2.08. The van der Waals surface area contributed by atoms with Gasteiger partial charge >= 0.3 is 0 Å². The molecule has 1 aromatic rings. The van der Waals surface area contributed by atoms with Crippen molar-refractivity contribution in [1.29, 1.82) is 5.26 Å². The van der Waals surface area contributed by atoms with Gasteiger partial charge in [-0.05, 0) is 31.0 Å². The third kappa shape index (κ3) is 4.53. The highest BCUT2D eigenvalue weighted by Crippen LogP contribution is 2.28. The summed E-state index contributed by atoms with van der Waals surface area (Å²) in [7, 11) is 0. The molecule has 0 heterocycles. The molecule has 1 atom stereocenters. The van der Waals surface area contributed by atoms with Crippen molar-refractivity contribution in [2.75, 3.05) is 18.0 Å². The van der Waals surface area contributed by atoms with E-state index in [9.17, 15) is 9.50 Å². The number of nitriles is 1. The Kier molecular flexibility index (Phi) is 5.78. The lowest BCUT2D eigenvalue weighted by Crippen LogP contribution is -2.29. The van der Waals surface area contributed by atoms with Gasteiger partial charge in [0.2, 0.25) is 0 Å². The monoisotopic (exact) mass is 264 g/mol. The van der Waals surface area contributed by atoms with E-state index in [1.807, 2.05) is 4.90 Å². The number of aliphatic hydroxyl groups is 1. The van der Waals surface area contributed by atoms with Crippen molar-refractivity contribution in [3.8, 4) is 6.07 Å². The Labute approximate surface area is 114 Å². The van der Waals surface area contributed by atoms with Gasteiger partial charge in [-0.1, -0.05) is 13.8 Å². The van der Waals surface area contributed by atoms with Gasteiger partial charge in [-0.15, -0.1) is 0 Å². The van der Waals surface area contributed by atoms with E-state index in [-0.39, 0.29) is 5.82 Å². The van der Waals surface area contributed by atoms with E-state index in [4.69, 9.17) is 5.26 Å². The second-order valence-corrected chi connectivity index (χ2v) is 5.13. The summed E-state index contributed by atoms with van der Waals surface area (Å²) in [5.74, 6) is 0.0648. The van der Waals surface area contributed by atoms with Gasteiger partial charge in [0.25, 0.3) is 0 Å². The quantitative estimate of drug-likeness (QED) is 0.858. The van der Waals surface area contributed by atoms with Crippen LogP contribution >= 0.6 is 0 Å². The van der Waals surface area contributed by atoms with Gasteiger partial charge in [0, 0.05) is 24.3 Å². The van der Waals surface area contributed by atoms with Crippen molar-refractivity contribution in [3.05, 3.63) is 29.6 Å². The van der Waals surface area contributed by atoms with Crippen LogP contribution in [-0.2, 0) is 0 Å². The highest BCUT2D eigenvalue weighted by Gasteiger charge is 2.16. The van der Waals surface area contributed by atoms with Gasteiger partial charge in [-0.2, -0.15) is 5.26 Å². The first-order valence-electron chi connectivity index (χ1n) is 6.55. The Hall–Kier alpha value is -1.60. The van der Waals surface area contributed by atoms with Crippen molar-refractivity contribution in [2.24, 2.45) is 5.92 Å². The van der Waals surface area contributed by atoms with Crippen LogP contribution in [0.1, 0.15) is 38.9 Å². The summed E-state index contributed by atoms with van der Waals surface area (Å²) in [5.41, 5.74) is 1.37. The number of nitrogens with zero attached hydrogens (tertiary/aromatic N) is 2. The normalized spacial score (nSPS) is 12.3. The first kappa shape index (κ1) is 15.5. The van der Waals surface area contributed by atoms with Gasteiger partial charge in [0.1, 0.15) is 5.82 Å². The third-order valence-corrected chi connectivity index (χ3v) is 2.86.